The Morgan fingerprint density at radius 2 is 2.50 bits per heavy atom. The largest absolute Gasteiger partial charge is 0.315 e. The van der Waals surface area contributed by atoms with Gasteiger partial charge in [-0.2, -0.15) is 5.26 Å². The maximum absolute atomic E-state index is 7.71. The van der Waals surface area contributed by atoms with Crippen LogP contribution in [0.4, 0.5) is 0 Å². The van der Waals surface area contributed by atoms with Gasteiger partial charge in [0.1, 0.15) is 6.07 Å². The smallest absolute Gasteiger partial charge is 0.101 e. The van der Waals surface area contributed by atoms with Crippen LogP contribution in [0.3, 0.4) is 0 Å². The molecule has 0 saturated heterocycles. The third-order valence-electron chi connectivity index (χ3n) is 0.204. The monoisotopic (exact) mass is 81.0 g/mol. The summed E-state index contributed by atoms with van der Waals surface area (Å²) in [6.45, 7) is 0. The van der Waals surface area contributed by atoms with Gasteiger partial charge >= 0.3 is 0 Å². The van der Waals surface area contributed by atoms with Crippen LogP contribution in [0, 0.1) is 11.3 Å². The Bertz CT molecular complexity index is 112. The highest BCUT2D eigenvalue weighted by molar-refractivity contribution is 5.54. The molecule has 0 bridgehead atoms. The van der Waals surface area contributed by atoms with E-state index in [0.29, 0.717) is 0 Å². The Hall–Kier alpha value is -1.26. The van der Waals surface area contributed by atoms with Crippen molar-refractivity contribution < 1.29 is 0 Å². The van der Waals surface area contributed by atoms with E-state index in [2.05, 4.69) is 16.8 Å². The molecule has 0 aromatic carbocycles. The van der Waals surface area contributed by atoms with Gasteiger partial charge in [-0.05, 0) is 0 Å². The lowest BCUT2D eigenvalue weighted by atomic mass is 10.7. The molecule has 0 rings (SSSR count). The summed E-state index contributed by atoms with van der Waals surface area (Å²) in [6.07, 6.45) is 1.07. The van der Waals surface area contributed by atoms with E-state index in [4.69, 9.17) is 5.26 Å². The van der Waals surface area contributed by atoms with Gasteiger partial charge in [-0.1, -0.05) is 0 Å². The quantitative estimate of drug-likeness (QED) is 0.187. The zero-order valence-electron chi connectivity index (χ0n) is 3.05. The summed E-state index contributed by atoms with van der Waals surface area (Å²) in [5, 5.41) is 10.6. The van der Waals surface area contributed by atoms with Gasteiger partial charge in [0.2, 0.25) is 0 Å². The molecular formula is C3H3N3. The Morgan fingerprint density at radius 3 is 2.67 bits per heavy atom. The Labute approximate surface area is 35.4 Å². The van der Waals surface area contributed by atoms with Crippen molar-refractivity contribution in [1.82, 2.24) is 0 Å². The lowest BCUT2D eigenvalue weighted by Crippen LogP contribution is -1.72. The highest BCUT2D eigenvalue weighted by atomic mass is 15.1. The molecule has 0 aliphatic carbocycles. The number of rotatable bonds is 0. The number of hydrogen-bond acceptors (Lipinski definition) is 3. The van der Waals surface area contributed by atoms with Crippen molar-refractivity contribution in [3.63, 3.8) is 0 Å². The van der Waals surface area contributed by atoms with Crippen LogP contribution in [-0.4, -0.2) is 5.87 Å². The van der Waals surface area contributed by atoms with Crippen molar-refractivity contribution in [3.05, 3.63) is 6.08 Å². The lowest BCUT2D eigenvalue weighted by molar-refractivity contribution is 1.27. The summed E-state index contributed by atoms with van der Waals surface area (Å²) in [5.74, 6) is 6.66. The molecule has 0 amide bonds. The van der Waals surface area contributed by atoms with Crippen molar-refractivity contribution in [2.75, 3.05) is 0 Å². The van der Waals surface area contributed by atoms with Gasteiger partial charge in [-0.3, -0.25) is 0 Å². The van der Waals surface area contributed by atoms with Crippen LogP contribution in [0.1, 0.15) is 0 Å². The molecule has 2 N–H and O–H groups in total. The van der Waals surface area contributed by atoms with Gasteiger partial charge < -0.3 is 5.84 Å². The van der Waals surface area contributed by atoms with E-state index in [1.807, 2.05) is 0 Å². The SMILES string of the molecule is N#CC=C=NN. The summed E-state index contributed by atoms with van der Waals surface area (Å²) >= 11 is 0. The van der Waals surface area contributed by atoms with E-state index in [1.54, 1.807) is 6.07 Å². The molecule has 0 aromatic heterocycles. The van der Waals surface area contributed by atoms with Gasteiger partial charge in [0.15, 0.2) is 0 Å². The second kappa shape index (κ2) is 3.74. The van der Waals surface area contributed by atoms with Crippen molar-refractivity contribution in [2.24, 2.45) is 10.9 Å². The Morgan fingerprint density at radius 1 is 1.83 bits per heavy atom. The summed E-state index contributed by atoms with van der Waals surface area (Å²) in [4.78, 5) is 0. The summed E-state index contributed by atoms with van der Waals surface area (Å²) < 4.78 is 0. The zero-order chi connectivity index (χ0) is 4.83. The number of allylic oxidation sites excluding steroid dienone is 1. The molecule has 0 atom stereocenters. The number of hydrazone groups is 1. The average molecular weight is 81.1 g/mol. The minimum absolute atomic E-state index is 1.07. The molecule has 6 heavy (non-hydrogen) atoms. The first-order valence-electron chi connectivity index (χ1n) is 1.28. The van der Waals surface area contributed by atoms with Crippen LogP contribution in [0.2, 0.25) is 0 Å². The molecule has 30 valence electrons. The molecule has 0 radical (unpaired) electrons. The molecular weight excluding hydrogens is 78.1 g/mol. The molecule has 0 heterocycles. The predicted octanol–water partition coefficient (Wildman–Crippen LogP) is -0.390. The van der Waals surface area contributed by atoms with Crippen molar-refractivity contribution in [1.29, 1.82) is 5.26 Å². The van der Waals surface area contributed by atoms with Gasteiger partial charge in [-0.25, -0.2) is 0 Å². The van der Waals surface area contributed by atoms with E-state index in [1.165, 1.54) is 0 Å². The minimum Gasteiger partial charge on any atom is -0.315 e. The van der Waals surface area contributed by atoms with Gasteiger partial charge in [-0.15, -0.1) is 5.10 Å². The van der Waals surface area contributed by atoms with E-state index in [-0.39, 0.29) is 0 Å². The normalized spacial score (nSPS) is 4.50. The van der Waals surface area contributed by atoms with E-state index >= 15 is 0 Å². The van der Waals surface area contributed by atoms with Crippen molar-refractivity contribution >= 4 is 5.87 Å². The van der Waals surface area contributed by atoms with Gasteiger partial charge in [0, 0.05) is 5.87 Å². The number of nitriles is 1. The highest BCUT2D eigenvalue weighted by Crippen LogP contribution is 1.44. The molecule has 3 heteroatoms. The standard InChI is InChI=1S/C3H3N3/c4-2-1-3-6-5/h1H,5H2. The zero-order valence-corrected chi connectivity index (χ0v) is 3.05. The fraction of sp³-hybridized carbons (Fsp3) is 0. The summed E-state index contributed by atoms with van der Waals surface area (Å²) in [5.41, 5.74) is 0. The molecule has 0 aromatic rings. The predicted molar refractivity (Wildman–Crippen MR) is 21.8 cm³/mol. The van der Waals surface area contributed by atoms with E-state index in [0.717, 1.165) is 6.08 Å². The molecule has 0 saturated carbocycles. The number of nitrogens with zero attached hydrogens (tertiary/aromatic N) is 2. The Kier molecular flexibility index (Phi) is 2.95. The highest BCUT2D eigenvalue weighted by Gasteiger charge is 1.46. The maximum Gasteiger partial charge on any atom is 0.101 e. The van der Waals surface area contributed by atoms with Gasteiger partial charge in [0.05, 0.1) is 6.08 Å². The van der Waals surface area contributed by atoms with Crippen molar-refractivity contribution in [3.8, 4) is 6.07 Å². The van der Waals surface area contributed by atoms with E-state index < -0.39 is 0 Å². The van der Waals surface area contributed by atoms with Crippen molar-refractivity contribution in [2.45, 2.75) is 0 Å². The third kappa shape index (κ3) is 2.74. The number of nitrogens with two attached hydrogens (primary N) is 1. The Balaban J connectivity index is 3.56. The molecule has 0 unspecified atom stereocenters. The maximum atomic E-state index is 7.71. The number of hydrogen-bond donors (Lipinski definition) is 1. The van der Waals surface area contributed by atoms with Crippen LogP contribution < -0.4 is 5.84 Å². The van der Waals surface area contributed by atoms with Crippen LogP contribution in [0.5, 0.6) is 0 Å². The molecule has 0 aliphatic rings. The fourth-order valence-corrected chi connectivity index (χ4v) is 0.0661. The minimum atomic E-state index is 1.07. The first kappa shape index (κ1) is 4.74. The van der Waals surface area contributed by atoms with Crippen LogP contribution in [0.25, 0.3) is 0 Å². The average Bonchev–Trinajstić information content (AvgIpc) is 1.61. The van der Waals surface area contributed by atoms with E-state index in [9.17, 15) is 0 Å². The van der Waals surface area contributed by atoms with Gasteiger partial charge in [0.25, 0.3) is 0 Å². The first-order chi connectivity index (χ1) is 2.91. The molecule has 3 nitrogen and oxygen atoms in total. The molecule has 0 aliphatic heterocycles. The van der Waals surface area contributed by atoms with Crippen LogP contribution in [0.15, 0.2) is 11.2 Å². The fourth-order valence-electron chi connectivity index (χ4n) is 0.0661. The first-order valence-corrected chi connectivity index (χ1v) is 1.28. The summed E-state index contributed by atoms with van der Waals surface area (Å²) in [6, 6.07) is 1.66. The molecule has 0 fully saturated rings. The molecule has 0 spiro atoms. The van der Waals surface area contributed by atoms with Crippen LogP contribution in [-0.2, 0) is 0 Å². The van der Waals surface area contributed by atoms with Crippen LogP contribution >= 0.6 is 0 Å². The lowest BCUT2D eigenvalue weighted by Gasteiger charge is -1.51. The second-order valence-corrected chi connectivity index (χ2v) is 0.532. The second-order valence-electron chi connectivity index (χ2n) is 0.532. The topological polar surface area (TPSA) is 62.2 Å². The third-order valence-corrected chi connectivity index (χ3v) is 0.204. The summed E-state index contributed by atoms with van der Waals surface area (Å²) in [7, 11) is 0.